The molecule has 1 aromatic rings. The fourth-order valence-corrected chi connectivity index (χ4v) is 8.46. The van der Waals surface area contributed by atoms with Crippen molar-refractivity contribution < 1.29 is 68.1 Å². The summed E-state index contributed by atoms with van der Waals surface area (Å²) in [6.07, 6.45) is -10.7. The first-order valence-corrected chi connectivity index (χ1v) is 16.1. The summed E-state index contributed by atoms with van der Waals surface area (Å²) in [4.78, 5) is 64.2. The van der Waals surface area contributed by atoms with Gasteiger partial charge < -0.3 is 44.1 Å². The molecule has 4 N–H and O–H groups in total. The zero-order chi connectivity index (χ0) is 36.9. The predicted octanol–water partition coefficient (Wildman–Crippen LogP) is 1.54. The standard InChI is InChI=1S/C35H46O14/c1-17-24(40)15-34(32(6,7)43)27(17)28(49-30(41)22-12-10-9-11-13-22)29(48-21(5)39)33(8)26(47-20(4)38)14-25(46-19(3)37)23(16-45-18(2)36)35(33,44)31(34)42/h9-13,23-26,28-29,31,40,42-44H,14-16H2,1-8H3/t23-,24-,25+,26+,28+,29+,31+,33-,34-,35+/m0/s1. The fraction of sp³-hybridized carbons (Fsp3) is 0.629. The highest BCUT2D eigenvalue weighted by Gasteiger charge is 2.80. The van der Waals surface area contributed by atoms with Crippen molar-refractivity contribution in [1.82, 2.24) is 0 Å². The third-order valence-electron chi connectivity index (χ3n) is 10.7. The smallest absolute Gasteiger partial charge is 0.338 e. The van der Waals surface area contributed by atoms with Crippen molar-refractivity contribution in [3.8, 4) is 0 Å². The Kier molecular flexibility index (Phi) is 10.4. The van der Waals surface area contributed by atoms with Gasteiger partial charge in [-0.3, -0.25) is 19.2 Å². The van der Waals surface area contributed by atoms with Crippen LogP contribution in [-0.2, 0) is 42.9 Å². The van der Waals surface area contributed by atoms with Crippen molar-refractivity contribution >= 4 is 29.8 Å². The lowest BCUT2D eigenvalue weighted by molar-refractivity contribution is -0.316. The highest BCUT2D eigenvalue weighted by Crippen LogP contribution is 2.67. The van der Waals surface area contributed by atoms with E-state index in [1.165, 1.54) is 39.8 Å². The lowest BCUT2D eigenvalue weighted by Gasteiger charge is -2.62. The monoisotopic (exact) mass is 690 g/mol. The summed E-state index contributed by atoms with van der Waals surface area (Å²) >= 11 is 0. The van der Waals surface area contributed by atoms with Gasteiger partial charge in [0.05, 0.1) is 40.1 Å². The molecular formula is C35H46O14. The number of benzene rings is 1. The van der Waals surface area contributed by atoms with E-state index < -0.39 is 107 Å². The highest BCUT2D eigenvalue weighted by molar-refractivity contribution is 5.89. The molecule has 0 bridgehead atoms. The fourth-order valence-electron chi connectivity index (χ4n) is 8.46. The molecule has 2 fully saturated rings. The summed E-state index contributed by atoms with van der Waals surface area (Å²) in [7, 11) is 0. The van der Waals surface area contributed by atoms with Crippen molar-refractivity contribution in [2.75, 3.05) is 6.61 Å². The molecule has 0 radical (unpaired) electrons. The van der Waals surface area contributed by atoms with Crippen LogP contribution in [0.4, 0.5) is 0 Å². The minimum absolute atomic E-state index is 0.0311. The molecule has 0 spiro atoms. The van der Waals surface area contributed by atoms with Crippen LogP contribution in [0.2, 0.25) is 0 Å². The van der Waals surface area contributed by atoms with Gasteiger partial charge in [-0.25, -0.2) is 4.79 Å². The molecule has 0 heterocycles. The van der Waals surface area contributed by atoms with Crippen molar-refractivity contribution in [3.05, 3.63) is 47.0 Å². The molecule has 0 saturated heterocycles. The molecule has 3 aliphatic carbocycles. The van der Waals surface area contributed by atoms with Crippen LogP contribution >= 0.6 is 0 Å². The van der Waals surface area contributed by atoms with Gasteiger partial charge >= 0.3 is 29.8 Å². The summed E-state index contributed by atoms with van der Waals surface area (Å²) in [5, 5.41) is 49.9. The lowest BCUT2D eigenvalue weighted by Crippen LogP contribution is -2.77. The number of rotatable bonds is 8. The van der Waals surface area contributed by atoms with E-state index in [-0.39, 0.29) is 23.1 Å². The van der Waals surface area contributed by atoms with Crippen LogP contribution in [0.5, 0.6) is 0 Å². The van der Waals surface area contributed by atoms with Crippen molar-refractivity contribution in [3.63, 3.8) is 0 Å². The van der Waals surface area contributed by atoms with E-state index in [0.717, 1.165) is 27.7 Å². The molecule has 4 rings (SSSR count). The molecule has 2 saturated carbocycles. The Morgan fingerprint density at radius 1 is 0.878 bits per heavy atom. The number of esters is 5. The maximum atomic E-state index is 13.9. The number of aliphatic hydroxyl groups excluding tert-OH is 2. The minimum atomic E-state index is -2.76. The van der Waals surface area contributed by atoms with E-state index >= 15 is 0 Å². The van der Waals surface area contributed by atoms with Crippen molar-refractivity contribution in [2.45, 2.75) is 116 Å². The number of aliphatic hydroxyl groups is 4. The van der Waals surface area contributed by atoms with E-state index in [1.54, 1.807) is 18.2 Å². The summed E-state index contributed by atoms with van der Waals surface area (Å²) < 4.78 is 28.9. The Hall–Kier alpha value is -3.85. The Labute approximate surface area is 284 Å². The molecular weight excluding hydrogens is 644 g/mol. The van der Waals surface area contributed by atoms with Gasteiger partial charge in [-0.05, 0) is 57.4 Å². The summed E-state index contributed by atoms with van der Waals surface area (Å²) in [6, 6.07) is 7.81. The zero-order valence-electron chi connectivity index (χ0n) is 28.9. The number of hydrogen-bond donors (Lipinski definition) is 4. The van der Waals surface area contributed by atoms with E-state index in [0.29, 0.717) is 0 Å². The van der Waals surface area contributed by atoms with Gasteiger partial charge in [0.2, 0.25) is 0 Å². The quantitative estimate of drug-likeness (QED) is 0.173. The van der Waals surface area contributed by atoms with Crippen LogP contribution in [0.25, 0.3) is 0 Å². The first kappa shape index (κ1) is 38.0. The Balaban J connectivity index is 2.19. The average molecular weight is 691 g/mol. The van der Waals surface area contributed by atoms with E-state index in [4.69, 9.17) is 23.7 Å². The number of ether oxygens (including phenoxy) is 5. The molecule has 0 unspecified atom stereocenters. The molecule has 49 heavy (non-hydrogen) atoms. The number of carbonyl (C=O) groups is 5. The third-order valence-corrected chi connectivity index (χ3v) is 10.7. The maximum Gasteiger partial charge on any atom is 0.338 e. The molecule has 270 valence electrons. The van der Waals surface area contributed by atoms with Crippen LogP contribution in [0.1, 0.15) is 78.6 Å². The van der Waals surface area contributed by atoms with Crippen molar-refractivity contribution in [2.24, 2.45) is 16.7 Å². The van der Waals surface area contributed by atoms with Gasteiger partial charge in [-0.1, -0.05) is 18.2 Å². The lowest BCUT2D eigenvalue weighted by atomic mass is 9.49. The average Bonchev–Trinajstić information content (AvgIpc) is 3.24. The topological polar surface area (TPSA) is 212 Å². The highest BCUT2D eigenvalue weighted by atomic mass is 16.6. The normalized spacial score (nSPS) is 35.6. The third kappa shape index (κ3) is 6.24. The molecule has 10 atom stereocenters. The van der Waals surface area contributed by atoms with Gasteiger partial charge in [0.1, 0.15) is 24.4 Å². The van der Waals surface area contributed by atoms with Crippen LogP contribution in [0.15, 0.2) is 41.5 Å². The van der Waals surface area contributed by atoms with Crippen molar-refractivity contribution in [1.29, 1.82) is 0 Å². The maximum absolute atomic E-state index is 13.9. The Bertz CT molecular complexity index is 1510. The van der Waals surface area contributed by atoms with E-state index in [9.17, 15) is 44.4 Å². The molecule has 0 aromatic heterocycles. The van der Waals surface area contributed by atoms with Crippen LogP contribution in [0, 0.1) is 16.7 Å². The molecule has 0 aliphatic heterocycles. The SMILES string of the molecule is CC(=O)OC[C@H]1[C@H](OC(C)=O)C[C@@H](OC(C)=O)[C@@]2(C)[C@H](OC(C)=O)[C@H](OC(=O)c3ccccc3)C3=C(C)[C@@H](O)C[C@@]3(C(C)(C)O)[C@@H](O)[C@]12O. The predicted molar refractivity (Wildman–Crippen MR) is 168 cm³/mol. The molecule has 14 heteroatoms. The second-order valence-corrected chi connectivity index (χ2v) is 14.0. The minimum Gasteiger partial charge on any atom is -0.465 e. The van der Waals surface area contributed by atoms with E-state index in [1.807, 2.05) is 0 Å². The number of hydrogen-bond acceptors (Lipinski definition) is 14. The number of carbonyl (C=O) groups excluding carboxylic acids is 5. The van der Waals surface area contributed by atoms with Gasteiger partial charge in [0.15, 0.2) is 12.2 Å². The van der Waals surface area contributed by atoms with Crippen LogP contribution < -0.4 is 0 Å². The van der Waals surface area contributed by atoms with Crippen LogP contribution in [-0.4, -0.2) is 105 Å². The molecule has 1 aromatic carbocycles. The van der Waals surface area contributed by atoms with Gasteiger partial charge in [-0.2, -0.15) is 0 Å². The second kappa shape index (κ2) is 13.5. The Morgan fingerprint density at radius 2 is 1.45 bits per heavy atom. The summed E-state index contributed by atoms with van der Waals surface area (Å²) in [6.45, 7) is 9.22. The largest absolute Gasteiger partial charge is 0.465 e. The first-order chi connectivity index (χ1) is 22.6. The zero-order valence-corrected chi connectivity index (χ0v) is 28.9. The molecule has 14 nitrogen and oxygen atoms in total. The number of fused-ring (bicyclic) bond motifs is 2. The summed E-state index contributed by atoms with van der Waals surface area (Å²) in [5.41, 5.74) is -8.81. The summed E-state index contributed by atoms with van der Waals surface area (Å²) in [5.74, 6) is -5.80. The van der Waals surface area contributed by atoms with Gasteiger partial charge in [0.25, 0.3) is 0 Å². The van der Waals surface area contributed by atoms with Gasteiger partial charge in [0, 0.05) is 34.1 Å². The second-order valence-electron chi connectivity index (χ2n) is 14.0. The molecule has 3 aliphatic rings. The first-order valence-electron chi connectivity index (χ1n) is 16.1. The van der Waals surface area contributed by atoms with E-state index in [2.05, 4.69) is 0 Å². The molecule has 0 amide bonds. The van der Waals surface area contributed by atoms with Crippen LogP contribution in [0.3, 0.4) is 0 Å². The Morgan fingerprint density at radius 3 is 1.96 bits per heavy atom. The van der Waals surface area contributed by atoms with Gasteiger partial charge in [-0.15, -0.1) is 0 Å².